The second-order valence-electron chi connectivity index (χ2n) is 3.88. The molecule has 0 heterocycles. The molecule has 2 aromatic rings. The smallest absolute Gasteiger partial charge is 0.169 e. The third kappa shape index (κ3) is 2.60. The van der Waals surface area contributed by atoms with Gasteiger partial charge in [-0.05, 0) is 11.1 Å². The highest BCUT2D eigenvalue weighted by molar-refractivity contribution is 5.89. The van der Waals surface area contributed by atoms with Gasteiger partial charge < -0.3 is 5.11 Å². The van der Waals surface area contributed by atoms with Crippen molar-refractivity contribution >= 4 is 5.78 Å². The lowest BCUT2D eigenvalue weighted by molar-refractivity contribution is -0.122. The number of rotatable bonds is 4. The molecule has 2 aromatic carbocycles. The number of benzene rings is 2. The predicted molar refractivity (Wildman–Crippen MR) is 66.8 cm³/mol. The maximum absolute atomic E-state index is 11.9. The summed E-state index contributed by atoms with van der Waals surface area (Å²) in [6.07, 6.45) is 0. The van der Waals surface area contributed by atoms with E-state index < -0.39 is 6.61 Å². The first-order valence-electron chi connectivity index (χ1n) is 5.56. The summed E-state index contributed by atoms with van der Waals surface area (Å²) < 4.78 is 0. The lowest BCUT2D eigenvalue weighted by Crippen LogP contribution is -2.17. The van der Waals surface area contributed by atoms with Gasteiger partial charge in [-0.2, -0.15) is 0 Å². The fraction of sp³-hybridized carbons (Fsp3) is 0.133. The van der Waals surface area contributed by atoms with Gasteiger partial charge in [-0.3, -0.25) is 4.79 Å². The number of hydrogen-bond donors (Lipinski definition) is 1. The summed E-state index contributed by atoms with van der Waals surface area (Å²) in [4.78, 5) is 11.9. The number of aliphatic hydroxyl groups is 1. The minimum absolute atomic E-state index is 0.178. The van der Waals surface area contributed by atoms with Crippen LogP contribution in [0.15, 0.2) is 60.7 Å². The SMILES string of the molecule is O=C(CO)C(c1ccccc1)c1ccccc1. The Morgan fingerprint density at radius 2 is 1.29 bits per heavy atom. The molecule has 0 unspecified atom stereocenters. The summed E-state index contributed by atoms with van der Waals surface area (Å²) in [5.74, 6) is -0.551. The molecular weight excluding hydrogens is 212 g/mol. The van der Waals surface area contributed by atoms with Crippen LogP contribution in [-0.2, 0) is 4.79 Å². The number of Topliss-reactive ketones (excluding diaryl/α,β-unsaturated/α-hetero) is 1. The molecule has 0 aliphatic rings. The highest BCUT2D eigenvalue weighted by Crippen LogP contribution is 2.25. The van der Waals surface area contributed by atoms with Crippen molar-refractivity contribution in [1.82, 2.24) is 0 Å². The third-order valence-electron chi connectivity index (χ3n) is 2.74. The monoisotopic (exact) mass is 226 g/mol. The summed E-state index contributed by atoms with van der Waals surface area (Å²) in [6.45, 7) is -0.436. The van der Waals surface area contributed by atoms with E-state index in [1.165, 1.54) is 0 Å². The number of carbonyl (C=O) groups is 1. The molecule has 17 heavy (non-hydrogen) atoms. The van der Waals surface area contributed by atoms with E-state index in [1.54, 1.807) is 0 Å². The highest BCUT2D eigenvalue weighted by Gasteiger charge is 2.21. The highest BCUT2D eigenvalue weighted by atomic mass is 16.3. The molecule has 0 bridgehead atoms. The van der Waals surface area contributed by atoms with Crippen LogP contribution in [-0.4, -0.2) is 17.5 Å². The Balaban J connectivity index is 2.43. The number of carbonyl (C=O) groups excluding carboxylic acids is 1. The molecule has 1 N–H and O–H groups in total. The fourth-order valence-electron chi connectivity index (χ4n) is 1.95. The topological polar surface area (TPSA) is 37.3 Å². The molecule has 0 fully saturated rings. The van der Waals surface area contributed by atoms with E-state index in [0.29, 0.717) is 0 Å². The Morgan fingerprint density at radius 1 is 0.882 bits per heavy atom. The molecule has 2 heteroatoms. The molecule has 0 aliphatic carbocycles. The molecule has 0 aromatic heterocycles. The Kier molecular flexibility index (Phi) is 3.68. The molecule has 0 radical (unpaired) electrons. The van der Waals surface area contributed by atoms with Crippen LogP contribution in [0.3, 0.4) is 0 Å². The van der Waals surface area contributed by atoms with Crippen LogP contribution in [0, 0.1) is 0 Å². The molecule has 0 amide bonds. The molecular formula is C15H14O2. The minimum atomic E-state index is -0.436. The first-order chi connectivity index (χ1) is 8.33. The average Bonchev–Trinajstić information content (AvgIpc) is 2.41. The van der Waals surface area contributed by atoms with Gasteiger partial charge in [0.2, 0.25) is 0 Å². The van der Waals surface area contributed by atoms with Crippen molar-refractivity contribution in [2.45, 2.75) is 5.92 Å². The molecule has 2 nitrogen and oxygen atoms in total. The fourth-order valence-corrected chi connectivity index (χ4v) is 1.95. The summed E-state index contributed by atoms with van der Waals surface area (Å²) in [6, 6.07) is 19.1. The van der Waals surface area contributed by atoms with Gasteiger partial charge in [-0.15, -0.1) is 0 Å². The van der Waals surface area contributed by atoms with Crippen molar-refractivity contribution in [3.63, 3.8) is 0 Å². The van der Waals surface area contributed by atoms with E-state index in [9.17, 15) is 4.79 Å². The van der Waals surface area contributed by atoms with Gasteiger partial charge in [0, 0.05) is 0 Å². The Bertz CT molecular complexity index is 437. The molecule has 0 atom stereocenters. The van der Waals surface area contributed by atoms with Gasteiger partial charge in [-0.1, -0.05) is 60.7 Å². The van der Waals surface area contributed by atoms with Crippen LogP contribution in [0.1, 0.15) is 17.0 Å². The summed E-state index contributed by atoms with van der Waals surface area (Å²) >= 11 is 0. The van der Waals surface area contributed by atoms with E-state index in [1.807, 2.05) is 60.7 Å². The zero-order chi connectivity index (χ0) is 12.1. The van der Waals surface area contributed by atoms with Crippen molar-refractivity contribution < 1.29 is 9.90 Å². The number of ketones is 1. The second-order valence-corrected chi connectivity index (χ2v) is 3.88. The van der Waals surface area contributed by atoms with Crippen molar-refractivity contribution in [2.24, 2.45) is 0 Å². The van der Waals surface area contributed by atoms with E-state index in [4.69, 9.17) is 5.11 Å². The zero-order valence-corrected chi connectivity index (χ0v) is 9.41. The zero-order valence-electron chi connectivity index (χ0n) is 9.41. The first kappa shape index (κ1) is 11.6. The lowest BCUT2D eigenvalue weighted by atomic mass is 9.88. The quantitative estimate of drug-likeness (QED) is 0.869. The second kappa shape index (κ2) is 5.41. The van der Waals surface area contributed by atoms with Crippen molar-refractivity contribution in [1.29, 1.82) is 0 Å². The molecule has 0 saturated carbocycles. The summed E-state index contributed by atoms with van der Waals surface area (Å²) in [5.41, 5.74) is 1.83. The van der Waals surface area contributed by atoms with Crippen molar-refractivity contribution in [3.05, 3.63) is 71.8 Å². The maximum Gasteiger partial charge on any atom is 0.169 e. The van der Waals surface area contributed by atoms with Gasteiger partial charge in [0.05, 0.1) is 5.92 Å². The van der Waals surface area contributed by atoms with Gasteiger partial charge in [0.15, 0.2) is 5.78 Å². The molecule has 86 valence electrons. The Morgan fingerprint density at radius 3 is 1.65 bits per heavy atom. The van der Waals surface area contributed by atoms with E-state index in [0.717, 1.165) is 11.1 Å². The van der Waals surface area contributed by atoms with E-state index >= 15 is 0 Å². The Labute approximate surface area is 101 Å². The van der Waals surface area contributed by atoms with Gasteiger partial charge in [0.1, 0.15) is 6.61 Å². The van der Waals surface area contributed by atoms with Gasteiger partial charge in [-0.25, -0.2) is 0 Å². The predicted octanol–water partition coefficient (Wildman–Crippen LogP) is 2.38. The van der Waals surface area contributed by atoms with E-state index in [-0.39, 0.29) is 11.7 Å². The molecule has 0 spiro atoms. The lowest BCUT2D eigenvalue weighted by Gasteiger charge is -2.15. The molecule has 0 saturated heterocycles. The first-order valence-corrected chi connectivity index (χ1v) is 5.56. The number of hydrogen-bond acceptors (Lipinski definition) is 2. The minimum Gasteiger partial charge on any atom is -0.389 e. The van der Waals surface area contributed by atoms with Crippen molar-refractivity contribution in [2.75, 3.05) is 6.61 Å². The van der Waals surface area contributed by atoms with Crippen LogP contribution in [0.25, 0.3) is 0 Å². The van der Waals surface area contributed by atoms with Crippen LogP contribution >= 0.6 is 0 Å². The van der Waals surface area contributed by atoms with Crippen LogP contribution in [0.4, 0.5) is 0 Å². The van der Waals surface area contributed by atoms with Gasteiger partial charge >= 0.3 is 0 Å². The van der Waals surface area contributed by atoms with Crippen LogP contribution in [0.5, 0.6) is 0 Å². The average molecular weight is 226 g/mol. The van der Waals surface area contributed by atoms with Crippen LogP contribution in [0.2, 0.25) is 0 Å². The summed E-state index contributed by atoms with van der Waals surface area (Å²) in [7, 11) is 0. The summed E-state index contributed by atoms with van der Waals surface area (Å²) in [5, 5.41) is 9.08. The molecule has 0 aliphatic heterocycles. The van der Waals surface area contributed by atoms with Gasteiger partial charge in [0.25, 0.3) is 0 Å². The molecule has 2 rings (SSSR count). The van der Waals surface area contributed by atoms with Crippen molar-refractivity contribution in [3.8, 4) is 0 Å². The largest absolute Gasteiger partial charge is 0.389 e. The standard InChI is InChI=1S/C15H14O2/c16-11-14(17)15(12-7-3-1-4-8-12)13-9-5-2-6-10-13/h1-10,15-16H,11H2. The van der Waals surface area contributed by atoms with Crippen LogP contribution < -0.4 is 0 Å². The Hall–Kier alpha value is -1.93. The third-order valence-corrected chi connectivity index (χ3v) is 2.74. The normalized spacial score (nSPS) is 10.5. The number of aliphatic hydroxyl groups excluding tert-OH is 1. The van der Waals surface area contributed by atoms with E-state index in [2.05, 4.69) is 0 Å². The maximum atomic E-state index is 11.9.